The SMILES string of the molecule is Nc1cccc(-c2cnn3ccc(NCCNS(=O)(=O)c4ccccc4[N+](=O)[O-])nc23)c1. The van der Waals surface area contributed by atoms with Gasteiger partial charge >= 0.3 is 0 Å². The normalized spacial score (nSPS) is 11.5. The molecule has 4 aromatic rings. The van der Waals surface area contributed by atoms with Crippen molar-refractivity contribution >= 4 is 32.9 Å². The number of nitrogens with one attached hydrogen (secondary N) is 2. The average molecular weight is 453 g/mol. The van der Waals surface area contributed by atoms with Gasteiger partial charge in [0.25, 0.3) is 5.69 Å². The summed E-state index contributed by atoms with van der Waals surface area (Å²) in [5.41, 5.74) is 8.31. The Bertz CT molecular complexity index is 1400. The molecule has 0 atom stereocenters. The Kier molecular flexibility index (Phi) is 5.71. The highest BCUT2D eigenvalue weighted by Crippen LogP contribution is 2.26. The van der Waals surface area contributed by atoms with Gasteiger partial charge in [-0.25, -0.2) is 22.6 Å². The topological polar surface area (TPSA) is 158 Å². The summed E-state index contributed by atoms with van der Waals surface area (Å²) in [6.07, 6.45) is 3.43. The Morgan fingerprint density at radius 3 is 2.69 bits per heavy atom. The van der Waals surface area contributed by atoms with Crippen LogP contribution in [0.4, 0.5) is 17.2 Å². The highest BCUT2D eigenvalue weighted by Gasteiger charge is 2.24. The summed E-state index contributed by atoms with van der Waals surface area (Å²) in [4.78, 5) is 14.5. The molecule has 0 bridgehead atoms. The molecule has 12 heteroatoms. The molecule has 164 valence electrons. The van der Waals surface area contributed by atoms with Crippen molar-refractivity contribution < 1.29 is 13.3 Å². The Morgan fingerprint density at radius 2 is 1.91 bits per heavy atom. The molecule has 0 amide bonds. The Morgan fingerprint density at radius 1 is 1.09 bits per heavy atom. The van der Waals surface area contributed by atoms with Crippen LogP contribution in [0, 0.1) is 10.1 Å². The van der Waals surface area contributed by atoms with Crippen LogP contribution in [0.15, 0.2) is 71.9 Å². The zero-order valence-corrected chi connectivity index (χ0v) is 17.5. The molecule has 0 aliphatic rings. The number of nitrogens with two attached hydrogens (primary N) is 1. The highest BCUT2D eigenvalue weighted by atomic mass is 32.2. The van der Waals surface area contributed by atoms with E-state index in [1.807, 2.05) is 18.2 Å². The summed E-state index contributed by atoms with van der Waals surface area (Å²) in [6.45, 7) is 0.216. The van der Waals surface area contributed by atoms with Gasteiger partial charge in [0.15, 0.2) is 10.5 Å². The summed E-state index contributed by atoms with van der Waals surface area (Å²) < 4.78 is 28.9. The number of anilines is 2. The molecule has 4 N–H and O–H groups in total. The maximum absolute atomic E-state index is 12.5. The maximum atomic E-state index is 12.5. The summed E-state index contributed by atoms with van der Waals surface area (Å²) in [6, 6.07) is 14.3. The molecule has 0 saturated carbocycles. The van der Waals surface area contributed by atoms with E-state index in [0.29, 0.717) is 17.2 Å². The van der Waals surface area contributed by atoms with Gasteiger partial charge in [-0.3, -0.25) is 10.1 Å². The zero-order valence-electron chi connectivity index (χ0n) is 16.7. The Hall–Kier alpha value is -4.03. The lowest BCUT2D eigenvalue weighted by Gasteiger charge is -2.09. The second kappa shape index (κ2) is 8.61. The lowest BCUT2D eigenvalue weighted by Crippen LogP contribution is -2.29. The van der Waals surface area contributed by atoms with Gasteiger partial charge < -0.3 is 11.1 Å². The summed E-state index contributed by atoms with van der Waals surface area (Å²) >= 11 is 0. The lowest BCUT2D eigenvalue weighted by atomic mass is 10.1. The number of benzene rings is 2. The van der Waals surface area contributed by atoms with E-state index < -0.39 is 20.6 Å². The molecule has 0 aliphatic carbocycles. The lowest BCUT2D eigenvalue weighted by molar-refractivity contribution is -0.387. The number of nitro groups is 1. The molecule has 2 heterocycles. The summed E-state index contributed by atoms with van der Waals surface area (Å²) in [5.74, 6) is 0.521. The van der Waals surface area contributed by atoms with Crippen LogP contribution in [-0.4, -0.2) is 41.0 Å². The van der Waals surface area contributed by atoms with E-state index >= 15 is 0 Å². The molecule has 0 fully saturated rings. The number of nitrogen functional groups attached to an aromatic ring is 1. The third kappa shape index (κ3) is 4.36. The van der Waals surface area contributed by atoms with Crippen LogP contribution in [0.1, 0.15) is 0 Å². The summed E-state index contributed by atoms with van der Waals surface area (Å²) in [7, 11) is -4.04. The van der Waals surface area contributed by atoms with Gasteiger partial charge in [-0.1, -0.05) is 24.3 Å². The van der Waals surface area contributed by atoms with Gasteiger partial charge in [-0.15, -0.1) is 0 Å². The first-order valence-corrected chi connectivity index (χ1v) is 11.0. The van der Waals surface area contributed by atoms with Crippen LogP contribution in [0.25, 0.3) is 16.8 Å². The molecule has 0 radical (unpaired) electrons. The molecule has 2 aromatic carbocycles. The van der Waals surface area contributed by atoms with Crippen LogP contribution in [-0.2, 0) is 10.0 Å². The monoisotopic (exact) mass is 453 g/mol. The van der Waals surface area contributed by atoms with E-state index in [9.17, 15) is 18.5 Å². The fourth-order valence-electron chi connectivity index (χ4n) is 3.17. The van der Waals surface area contributed by atoms with Gasteiger partial charge in [-0.2, -0.15) is 5.10 Å². The summed E-state index contributed by atoms with van der Waals surface area (Å²) in [5, 5.41) is 18.4. The molecule has 11 nitrogen and oxygen atoms in total. The van der Waals surface area contributed by atoms with Crippen LogP contribution in [0.3, 0.4) is 0 Å². The number of rotatable bonds is 8. The maximum Gasteiger partial charge on any atom is 0.289 e. The first kappa shape index (κ1) is 21.2. The van der Waals surface area contributed by atoms with Gasteiger partial charge in [-0.05, 0) is 29.8 Å². The van der Waals surface area contributed by atoms with Crippen molar-refractivity contribution in [1.29, 1.82) is 0 Å². The zero-order chi connectivity index (χ0) is 22.7. The first-order valence-electron chi connectivity index (χ1n) is 9.52. The van der Waals surface area contributed by atoms with Crippen molar-refractivity contribution in [2.45, 2.75) is 4.90 Å². The number of aromatic nitrogens is 3. The van der Waals surface area contributed by atoms with E-state index in [4.69, 9.17) is 5.73 Å². The molecule has 0 aliphatic heterocycles. The van der Waals surface area contributed by atoms with Crippen LogP contribution in [0.2, 0.25) is 0 Å². The van der Waals surface area contributed by atoms with Crippen LogP contribution >= 0.6 is 0 Å². The minimum atomic E-state index is -4.04. The number of nitrogens with zero attached hydrogens (tertiary/aromatic N) is 4. The molecule has 2 aromatic heterocycles. The number of para-hydroxylation sites is 1. The van der Waals surface area contributed by atoms with Gasteiger partial charge in [0, 0.05) is 36.6 Å². The number of hydrogen-bond acceptors (Lipinski definition) is 8. The van der Waals surface area contributed by atoms with E-state index in [-0.39, 0.29) is 18.0 Å². The van der Waals surface area contributed by atoms with Gasteiger partial charge in [0.2, 0.25) is 10.0 Å². The fraction of sp³-hybridized carbons (Fsp3) is 0.100. The van der Waals surface area contributed by atoms with Crippen molar-refractivity contribution in [2.75, 3.05) is 24.1 Å². The first-order chi connectivity index (χ1) is 15.3. The smallest absolute Gasteiger partial charge is 0.289 e. The molecular formula is C20H19N7O4S. The number of nitro benzene ring substituents is 1. The predicted octanol–water partition coefficient (Wildman–Crippen LogP) is 2.28. The number of fused-ring (bicyclic) bond motifs is 1. The quantitative estimate of drug-likeness (QED) is 0.159. The third-order valence-electron chi connectivity index (χ3n) is 4.64. The van der Waals surface area contributed by atoms with E-state index in [2.05, 4.69) is 20.1 Å². The molecular weight excluding hydrogens is 434 g/mol. The fourth-order valence-corrected chi connectivity index (χ4v) is 4.37. The van der Waals surface area contributed by atoms with Crippen molar-refractivity contribution in [1.82, 2.24) is 19.3 Å². The molecule has 0 saturated heterocycles. The molecule has 4 rings (SSSR count). The standard InChI is InChI=1S/C20H19N7O4S/c21-15-5-3-4-14(12-15)16-13-23-26-11-8-19(25-20(16)26)22-9-10-24-32(30,31)18-7-2-1-6-17(18)27(28)29/h1-8,11-13,24H,9-10,21H2,(H,22,25). The van der Waals surface area contributed by atoms with Crippen molar-refractivity contribution in [3.8, 4) is 11.1 Å². The largest absolute Gasteiger partial charge is 0.399 e. The number of hydrogen-bond donors (Lipinski definition) is 3. The van der Waals surface area contributed by atoms with E-state index in [1.165, 1.54) is 18.2 Å². The predicted molar refractivity (Wildman–Crippen MR) is 120 cm³/mol. The average Bonchev–Trinajstić information content (AvgIpc) is 3.20. The third-order valence-corrected chi connectivity index (χ3v) is 6.15. The molecule has 32 heavy (non-hydrogen) atoms. The van der Waals surface area contributed by atoms with E-state index in [1.54, 1.807) is 29.0 Å². The van der Waals surface area contributed by atoms with Crippen molar-refractivity contribution in [2.24, 2.45) is 0 Å². The van der Waals surface area contributed by atoms with Crippen molar-refractivity contribution in [3.05, 3.63) is 77.1 Å². The minimum Gasteiger partial charge on any atom is -0.399 e. The van der Waals surface area contributed by atoms with Crippen LogP contribution < -0.4 is 15.8 Å². The molecule has 0 unspecified atom stereocenters. The second-order valence-corrected chi connectivity index (χ2v) is 8.55. The second-order valence-electron chi connectivity index (χ2n) is 6.81. The molecule has 0 spiro atoms. The van der Waals surface area contributed by atoms with Crippen LogP contribution in [0.5, 0.6) is 0 Å². The number of sulfonamides is 1. The highest BCUT2D eigenvalue weighted by molar-refractivity contribution is 7.89. The van der Waals surface area contributed by atoms with Gasteiger partial charge in [0.05, 0.1) is 11.1 Å². The van der Waals surface area contributed by atoms with E-state index in [0.717, 1.165) is 17.2 Å². The van der Waals surface area contributed by atoms with Crippen molar-refractivity contribution in [3.63, 3.8) is 0 Å². The minimum absolute atomic E-state index is 0.00256. The Labute approximate surface area is 183 Å². The van der Waals surface area contributed by atoms with Gasteiger partial charge in [0.1, 0.15) is 5.82 Å². The Balaban J connectivity index is 1.45.